The number of benzene rings is 2. The Hall–Kier alpha value is -2.42. The Kier molecular flexibility index (Phi) is 3.11. The van der Waals surface area contributed by atoms with Crippen LogP contribution in [0.5, 0.6) is 11.6 Å². The van der Waals surface area contributed by atoms with E-state index in [0.717, 1.165) is 22.2 Å². The molecule has 96 valence electrons. The van der Waals surface area contributed by atoms with Gasteiger partial charge in [-0.2, -0.15) is 0 Å². The molecule has 0 saturated carbocycles. The highest BCUT2D eigenvalue weighted by molar-refractivity contribution is 5.89. The second-order valence-electron chi connectivity index (χ2n) is 4.31. The number of rotatable bonds is 4. The Bertz CT molecular complexity index is 674. The maximum absolute atomic E-state index is 5.82. The third-order valence-corrected chi connectivity index (χ3v) is 3.06. The number of aromatic amines is 1. The van der Waals surface area contributed by atoms with Crippen LogP contribution in [0.3, 0.4) is 0 Å². The predicted molar refractivity (Wildman–Crippen MR) is 75.6 cm³/mol. The topological polar surface area (TPSA) is 34.2 Å². The van der Waals surface area contributed by atoms with Crippen LogP contribution >= 0.6 is 0 Å². The minimum atomic E-state index is 0.518. The Labute approximate surface area is 111 Å². The first-order valence-corrected chi connectivity index (χ1v) is 6.20. The summed E-state index contributed by atoms with van der Waals surface area (Å²) >= 11 is 0. The zero-order valence-electron chi connectivity index (χ0n) is 10.7. The Balaban J connectivity index is 1.88. The average Bonchev–Trinajstić information content (AvgIpc) is 2.83. The van der Waals surface area contributed by atoms with E-state index in [1.807, 2.05) is 54.6 Å². The van der Waals surface area contributed by atoms with Gasteiger partial charge < -0.3 is 14.5 Å². The van der Waals surface area contributed by atoms with Gasteiger partial charge in [0.2, 0.25) is 5.88 Å². The molecule has 3 nitrogen and oxygen atoms in total. The molecule has 0 fully saturated rings. The number of methoxy groups -OCH3 is 1. The lowest BCUT2D eigenvalue weighted by Crippen LogP contribution is -1.96. The SMILES string of the molecule is COc1c(OCc2ccccc2)[nH]c2ccccc12. The molecule has 0 aliphatic heterocycles. The van der Waals surface area contributed by atoms with E-state index in [4.69, 9.17) is 9.47 Å². The molecule has 0 radical (unpaired) electrons. The molecule has 0 amide bonds. The van der Waals surface area contributed by atoms with E-state index in [1.54, 1.807) is 7.11 Å². The highest BCUT2D eigenvalue weighted by Crippen LogP contribution is 2.35. The van der Waals surface area contributed by atoms with Crippen molar-refractivity contribution < 1.29 is 9.47 Å². The number of aromatic nitrogens is 1. The standard InChI is InChI=1S/C16H15NO2/c1-18-15-13-9-5-6-10-14(13)17-16(15)19-11-12-7-3-2-4-8-12/h2-10,17H,11H2,1H3. The van der Waals surface area contributed by atoms with E-state index in [2.05, 4.69) is 4.98 Å². The number of para-hydroxylation sites is 1. The van der Waals surface area contributed by atoms with Crippen LogP contribution < -0.4 is 9.47 Å². The highest BCUT2D eigenvalue weighted by atomic mass is 16.5. The first-order chi connectivity index (χ1) is 9.38. The summed E-state index contributed by atoms with van der Waals surface area (Å²) in [6, 6.07) is 18.1. The maximum atomic E-state index is 5.82. The van der Waals surface area contributed by atoms with Crippen molar-refractivity contribution in [1.82, 2.24) is 4.98 Å². The van der Waals surface area contributed by atoms with Gasteiger partial charge >= 0.3 is 0 Å². The van der Waals surface area contributed by atoms with Crippen molar-refractivity contribution >= 4 is 10.9 Å². The van der Waals surface area contributed by atoms with E-state index < -0.39 is 0 Å². The summed E-state index contributed by atoms with van der Waals surface area (Å²) in [5, 5.41) is 1.04. The van der Waals surface area contributed by atoms with Crippen LogP contribution in [-0.4, -0.2) is 12.1 Å². The van der Waals surface area contributed by atoms with Crippen molar-refractivity contribution in [2.24, 2.45) is 0 Å². The third-order valence-electron chi connectivity index (χ3n) is 3.06. The van der Waals surface area contributed by atoms with Gasteiger partial charge in [-0.1, -0.05) is 42.5 Å². The first kappa shape index (κ1) is 11.7. The Morgan fingerprint density at radius 1 is 0.947 bits per heavy atom. The number of nitrogens with one attached hydrogen (secondary N) is 1. The fraction of sp³-hybridized carbons (Fsp3) is 0.125. The molecule has 0 atom stereocenters. The number of H-pyrrole nitrogens is 1. The second-order valence-corrected chi connectivity index (χ2v) is 4.31. The predicted octanol–water partition coefficient (Wildman–Crippen LogP) is 3.76. The van der Waals surface area contributed by atoms with E-state index >= 15 is 0 Å². The van der Waals surface area contributed by atoms with Gasteiger partial charge in [-0.3, -0.25) is 0 Å². The third kappa shape index (κ3) is 2.27. The number of hydrogen-bond donors (Lipinski definition) is 1. The van der Waals surface area contributed by atoms with E-state index in [9.17, 15) is 0 Å². The fourth-order valence-electron chi connectivity index (χ4n) is 2.13. The molecule has 0 unspecified atom stereocenters. The number of fused-ring (bicyclic) bond motifs is 1. The van der Waals surface area contributed by atoms with Crippen LogP contribution in [-0.2, 0) is 6.61 Å². The molecule has 1 heterocycles. The number of ether oxygens (including phenoxy) is 2. The van der Waals surface area contributed by atoms with Gasteiger partial charge in [0.25, 0.3) is 0 Å². The second kappa shape index (κ2) is 5.06. The lowest BCUT2D eigenvalue weighted by Gasteiger charge is -2.06. The van der Waals surface area contributed by atoms with Crippen molar-refractivity contribution in [3.8, 4) is 11.6 Å². The first-order valence-electron chi connectivity index (χ1n) is 6.20. The van der Waals surface area contributed by atoms with E-state index in [-0.39, 0.29) is 0 Å². The molecule has 2 aromatic carbocycles. The van der Waals surface area contributed by atoms with Gasteiger partial charge in [0.05, 0.1) is 12.6 Å². The zero-order chi connectivity index (χ0) is 13.1. The van der Waals surface area contributed by atoms with Crippen LogP contribution in [0.1, 0.15) is 5.56 Å². The van der Waals surface area contributed by atoms with Crippen LogP contribution in [0, 0.1) is 0 Å². The van der Waals surface area contributed by atoms with Gasteiger partial charge in [-0.05, 0) is 17.7 Å². The van der Waals surface area contributed by atoms with Crippen molar-refractivity contribution in [2.75, 3.05) is 7.11 Å². The molecular weight excluding hydrogens is 238 g/mol. The van der Waals surface area contributed by atoms with Crippen LogP contribution in [0.15, 0.2) is 54.6 Å². The molecule has 3 aromatic rings. The minimum absolute atomic E-state index is 0.518. The maximum Gasteiger partial charge on any atom is 0.236 e. The average molecular weight is 253 g/mol. The molecule has 0 spiro atoms. The minimum Gasteiger partial charge on any atom is -0.491 e. The normalized spacial score (nSPS) is 10.6. The Morgan fingerprint density at radius 2 is 1.68 bits per heavy atom. The molecule has 19 heavy (non-hydrogen) atoms. The summed E-state index contributed by atoms with van der Waals surface area (Å²) in [5.41, 5.74) is 2.14. The molecule has 3 heteroatoms. The molecule has 0 bridgehead atoms. The van der Waals surface area contributed by atoms with Crippen molar-refractivity contribution in [1.29, 1.82) is 0 Å². The van der Waals surface area contributed by atoms with Gasteiger partial charge in [-0.25, -0.2) is 0 Å². The van der Waals surface area contributed by atoms with Crippen molar-refractivity contribution in [3.05, 3.63) is 60.2 Å². The molecule has 3 rings (SSSR count). The monoisotopic (exact) mass is 253 g/mol. The smallest absolute Gasteiger partial charge is 0.236 e. The van der Waals surface area contributed by atoms with Crippen molar-refractivity contribution in [2.45, 2.75) is 6.61 Å². The lowest BCUT2D eigenvalue weighted by molar-refractivity contribution is 0.277. The zero-order valence-corrected chi connectivity index (χ0v) is 10.7. The van der Waals surface area contributed by atoms with Gasteiger partial charge in [-0.15, -0.1) is 0 Å². The largest absolute Gasteiger partial charge is 0.491 e. The molecular formula is C16H15NO2. The molecule has 0 aliphatic rings. The summed E-state index contributed by atoms with van der Waals surface area (Å²) in [6.45, 7) is 0.518. The quantitative estimate of drug-likeness (QED) is 0.768. The molecule has 0 saturated heterocycles. The number of hydrogen-bond acceptors (Lipinski definition) is 2. The highest BCUT2D eigenvalue weighted by Gasteiger charge is 2.12. The fourth-order valence-corrected chi connectivity index (χ4v) is 2.13. The van der Waals surface area contributed by atoms with Crippen LogP contribution in [0.2, 0.25) is 0 Å². The van der Waals surface area contributed by atoms with Gasteiger partial charge in [0.15, 0.2) is 5.75 Å². The van der Waals surface area contributed by atoms with E-state index in [0.29, 0.717) is 12.5 Å². The summed E-state index contributed by atoms with van der Waals surface area (Å²) in [7, 11) is 1.66. The van der Waals surface area contributed by atoms with Crippen LogP contribution in [0.25, 0.3) is 10.9 Å². The van der Waals surface area contributed by atoms with Crippen LogP contribution in [0.4, 0.5) is 0 Å². The Morgan fingerprint density at radius 3 is 2.47 bits per heavy atom. The van der Waals surface area contributed by atoms with E-state index in [1.165, 1.54) is 0 Å². The summed E-state index contributed by atoms with van der Waals surface area (Å²) in [4.78, 5) is 3.24. The molecule has 1 aromatic heterocycles. The van der Waals surface area contributed by atoms with Gasteiger partial charge in [0, 0.05) is 5.39 Å². The summed E-state index contributed by atoms with van der Waals surface area (Å²) in [5.74, 6) is 1.43. The molecule has 1 N–H and O–H groups in total. The molecule has 0 aliphatic carbocycles. The summed E-state index contributed by atoms with van der Waals surface area (Å²) < 4.78 is 11.2. The van der Waals surface area contributed by atoms with Gasteiger partial charge in [0.1, 0.15) is 6.61 Å². The van der Waals surface area contributed by atoms with Crippen molar-refractivity contribution in [3.63, 3.8) is 0 Å². The lowest BCUT2D eigenvalue weighted by atomic mass is 10.2. The summed E-state index contributed by atoms with van der Waals surface area (Å²) in [6.07, 6.45) is 0.